The van der Waals surface area contributed by atoms with Gasteiger partial charge < -0.3 is 5.32 Å². The van der Waals surface area contributed by atoms with Gasteiger partial charge in [-0.2, -0.15) is 0 Å². The normalized spacial score (nSPS) is 21.8. The Labute approximate surface area is 118 Å². The average molecular weight is 273 g/mol. The Hall–Kier alpha value is -1.54. The number of hydrogen-bond donors (Lipinski definition) is 1. The highest BCUT2D eigenvalue weighted by molar-refractivity contribution is 6.31. The van der Waals surface area contributed by atoms with E-state index in [9.17, 15) is 0 Å². The fourth-order valence-electron chi connectivity index (χ4n) is 2.63. The van der Waals surface area contributed by atoms with Crippen LogP contribution in [0.15, 0.2) is 42.7 Å². The predicted octanol–water partition coefficient (Wildman–Crippen LogP) is 4.40. The topological polar surface area (TPSA) is 24.9 Å². The first-order valence-corrected chi connectivity index (χ1v) is 7.03. The van der Waals surface area contributed by atoms with Gasteiger partial charge in [0, 0.05) is 17.3 Å². The molecule has 1 aliphatic carbocycles. The van der Waals surface area contributed by atoms with Crippen molar-refractivity contribution in [3.63, 3.8) is 0 Å². The number of hydrogen-bond acceptors (Lipinski definition) is 2. The molecule has 1 aliphatic rings. The van der Waals surface area contributed by atoms with Crippen molar-refractivity contribution in [2.45, 2.75) is 31.7 Å². The molecule has 0 unspecified atom stereocenters. The molecule has 2 nitrogen and oxygen atoms in total. The molecule has 1 heterocycles. The first kappa shape index (κ1) is 12.5. The Morgan fingerprint density at radius 2 is 2.00 bits per heavy atom. The van der Waals surface area contributed by atoms with Crippen molar-refractivity contribution in [3.8, 4) is 0 Å². The zero-order valence-electron chi connectivity index (χ0n) is 10.9. The molecule has 3 heteroatoms. The quantitative estimate of drug-likeness (QED) is 0.896. The summed E-state index contributed by atoms with van der Waals surface area (Å²) in [5.74, 6) is 0.586. The summed E-state index contributed by atoms with van der Waals surface area (Å²) in [7, 11) is 0. The molecular formula is C16H17ClN2. The van der Waals surface area contributed by atoms with Crippen LogP contribution in [0.3, 0.4) is 0 Å². The van der Waals surface area contributed by atoms with Crippen LogP contribution < -0.4 is 5.32 Å². The summed E-state index contributed by atoms with van der Waals surface area (Å²) in [6, 6.07) is 10.7. The van der Waals surface area contributed by atoms with Crippen LogP contribution in [0.2, 0.25) is 5.02 Å². The molecule has 1 N–H and O–H groups in total. The highest BCUT2D eigenvalue weighted by atomic mass is 35.5. The molecule has 1 aromatic carbocycles. The van der Waals surface area contributed by atoms with Gasteiger partial charge in [0.1, 0.15) is 0 Å². The third kappa shape index (κ3) is 2.59. The number of aromatic nitrogens is 1. The number of halogens is 1. The van der Waals surface area contributed by atoms with E-state index in [0.29, 0.717) is 12.0 Å². The van der Waals surface area contributed by atoms with E-state index in [2.05, 4.69) is 29.4 Å². The molecule has 0 atom stereocenters. The van der Waals surface area contributed by atoms with E-state index in [1.165, 1.54) is 11.1 Å². The van der Waals surface area contributed by atoms with E-state index in [1.54, 1.807) is 0 Å². The van der Waals surface area contributed by atoms with Crippen LogP contribution >= 0.6 is 11.6 Å². The van der Waals surface area contributed by atoms with Gasteiger partial charge in [-0.15, -0.1) is 0 Å². The summed E-state index contributed by atoms with van der Waals surface area (Å²) < 4.78 is 0. The van der Waals surface area contributed by atoms with Gasteiger partial charge in [0.05, 0.1) is 11.9 Å². The Morgan fingerprint density at radius 3 is 2.74 bits per heavy atom. The van der Waals surface area contributed by atoms with E-state index in [4.69, 9.17) is 11.6 Å². The number of benzene rings is 1. The molecular weight excluding hydrogens is 256 g/mol. The molecule has 1 aromatic heterocycles. The number of nitrogens with zero attached hydrogens (tertiary/aromatic N) is 1. The monoisotopic (exact) mass is 272 g/mol. The van der Waals surface area contributed by atoms with Crippen LogP contribution in [0.1, 0.15) is 29.9 Å². The Balaban J connectivity index is 1.62. The minimum Gasteiger partial charge on any atom is -0.381 e. The predicted molar refractivity (Wildman–Crippen MR) is 79.8 cm³/mol. The minimum atomic E-state index is 0.532. The standard InChI is InChI=1S/C16H17ClN2/c1-11-6-7-18-10-16(11)19-13-8-12(9-13)14-4-2-3-5-15(14)17/h2-7,10,12-13,19H,8-9H2,1H3. The van der Waals surface area contributed by atoms with Gasteiger partial charge in [-0.3, -0.25) is 4.98 Å². The third-order valence-electron chi connectivity index (χ3n) is 3.88. The SMILES string of the molecule is Cc1ccncc1NC1CC(c2ccccc2Cl)C1. The first-order valence-electron chi connectivity index (χ1n) is 6.65. The first-order chi connectivity index (χ1) is 9.24. The van der Waals surface area contributed by atoms with Crippen molar-refractivity contribution in [1.29, 1.82) is 0 Å². The fourth-order valence-corrected chi connectivity index (χ4v) is 2.92. The number of rotatable bonds is 3. The molecule has 0 amide bonds. The summed E-state index contributed by atoms with van der Waals surface area (Å²) in [5.41, 5.74) is 3.67. The van der Waals surface area contributed by atoms with E-state index in [1.807, 2.05) is 30.6 Å². The molecule has 0 aliphatic heterocycles. The summed E-state index contributed by atoms with van der Waals surface area (Å²) in [6.07, 6.45) is 6.00. The van der Waals surface area contributed by atoms with Crippen molar-refractivity contribution >= 4 is 17.3 Å². The van der Waals surface area contributed by atoms with Gasteiger partial charge in [0.25, 0.3) is 0 Å². The molecule has 0 radical (unpaired) electrons. The van der Waals surface area contributed by atoms with Crippen molar-refractivity contribution in [2.75, 3.05) is 5.32 Å². The van der Waals surface area contributed by atoms with E-state index in [0.717, 1.165) is 23.6 Å². The van der Waals surface area contributed by atoms with Crippen LogP contribution in [-0.4, -0.2) is 11.0 Å². The Morgan fingerprint density at radius 1 is 1.21 bits per heavy atom. The third-order valence-corrected chi connectivity index (χ3v) is 4.23. The minimum absolute atomic E-state index is 0.532. The molecule has 2 aromatic rings. The second-order valence-corrected chi connectivity index (χ2v) is 5.63. The lowest BCUT2D eigenvalue weighted by Gasteiger charge is -2.37. The molecule has 3 rings (SSSR count). The molecule has 1 fully saturated rings. The number of anilines is 1. The van der Waals surface area contributed by atoms with Gasteiger partial charge in [-0.25, -0.2) is 0 Å². The van der Waals surface area contributed by atoms with Crippen molar-refractivity contribution < 1.29 is 0 Å². The lowest BCUT2D eigenvalue weighted by atomic mass is 9.75. The van der Waals surface area contributed by atoms with Crippen LogP contribution in [0, 0.1) is 6.92 Å². The highest BCUT2D eigenvalue weighted by Crippen LogP contribution is 2.41. The second kappa shape index (κ2) is 5.22. The molecule has 0 saturated heterocycles. The number of aryl methyl sites for hydroxylation is 1. The van der Waals surface area contributed by atoms with E-state index >= 15 is 0 Å². The van der Waals surface area contributed by atoms with E-state index in [-0.39, 0.29) is 0 Å². The van der Waals surface area contributed by atoms with Crippen molar-refractivity contribution in [1.82, 2.24) is 4.98 Å². The summed E-state index contributed by atoms with van der Waals surface area (Å²) in [6.45, 7) is 2.11. The van der Waals surface area contributed by atoms with Gasteiger partial charge in [-0.05, 0) is 48.9 Å². The molecule has 0 spiro atoms. The second-order valence-electron chi connectivity index (χ2n) is 5.22. The Kier molecular flexibility index (Phi) is 3.43. The van der Waals surface area contributed by atoms with Crippen LogP contribution in [0.25, 0.3) is 0 Å². The summed E-state index contributed by atoms with van der Waals surface area (Å²) in [5, 5.41) is 4.45. The number of pyridine rings is 1. The van der Waals surface area contributed by atoms with Gasteiger partial charge >= 0.3 is 0 Å². The fraction of sp³-hybridized carbons (Fsp3) is 0.312. The zero-order valence-corrected chi connectivity index (χ0v) is 11.7. The van der Waals surface area contributed by atoms with Crippen LogP contribution in [0.5, 0.6) is 0 Å². The average Bonchev–Trinajstić information content (AvgIpc) is 2.37. The van der Waals surface area contributed by atoms with Crippen molar-refractivity contribution in [3.05, 3.63) is 58.9 Å². The largest absolute Gasteiger partial charge is 0.381 e. The lowest BCUT2D eigenvalue weighted by molar-refractivity contribution is 0.374. The van der Waals surface area contributed by atoms with Gasteiger partial charge in [-0.1, -0.05) is 29.8 Å². The van der Waals surface area contributed by atoms with Crippen LogP contribution in [-0.2, 0) is 0 Å². The molecule has 98 valence electrons. The Bertz CT molecular complexity index is 576. The lowest BCUT2D eigenvalue weighted by Crippen LogP contribution is -2.34. The van der Waals surface area contributed by atoms with Crippen LogP contribution in [0.4, 0.5) is 5.69 Å². The van der Waals surface area contributed by atoms with Crippen molar-refractivity contribution in [2.24, 2.45) is 0 Å². The summed E-state index contributed by atoms with van der Waals surface area (Å²) >= 11 is 6.23. The van der Waals surface area contributed by atoms with E-state index < -0.39 is 0 Å². The summed E-state index contributed by atoms with van der Waals surface area (Å²) in [4.78, 5) is 4.16. The maximum Gasteiger partial charge on any atom is 0.0558 e. The highest BCUT2D eigenvalue weighted by Gasteiger charge is 2.31. The van der Waals surface area contributed by atoms with Gasteiger partial charge in [0.15, 0.2) is 0 Å². The zero-order chi connectivity index (χ0) is 13.2. The number of nitrogens with one attached hydrogen (secondary N) is 1. The molecule has 19 heavy (non-hydrogen) atoms. The van der Waals surface area contributed by atoms with Gasteiger partial charge in [0.2, 0.25) is 0 Å². The smallest absolute Gasteiger partial charge is 0.0558 e. The maximum atomic E-state index is 6.23. The maximum absolute atomic E-state index is 6.23. The molecule has 0 bridgehead atoms. The molecule has 1 saturated carbocycles.